The SMILES string of the molecule is CCC12OC(=O)OC(CCC1C)C2(C)C. The van der Waals surface area contributed by atoms with Crippen LogP contribution in [0.25, 0.3) is 0 Å². The normalized spacial score (nSPS) is 43.1. The zero-order chi connectivity index (χ0) is 11.3. The molecule has 3 heteroatoms. The second-order valence-electron chi connectivity index (χ2n) is 5.40. The Morgan fingerprint density at radius 3 is 2.67 bits per heavy atom. The van der Waals surface area contributed by atoms with Crippen molar-refractivity contribution in [2.24, 2.45) is 11.3 Å². The molecule has 1 saturated heterocycles. The summed E-state index contributed by atoms with van der Waals surface area (Å²) < 4.78 is 10.8. The van der Waals surface area contributed by atoms with Crippen molar-refractivity contribution in [2.75, 3.05) is 0 Å². The van der Waals surface area contributed by atoms with Crippen LogP contribution in [0.2, 0.25) is 0 Å². The Kier molecular flexibility index (Phi) is 2.25. The van der Waals surface area contributed by atoms with Crippen LogP contribution in [0.4, 0.5) is 4.79 Å². The average molecular weight is 212 g/mol. The van der Waals surface area contributed by atoms with Crippen LogP contribution in [-0.4, -0.2) is 17.9 Å². The van der Waals surface area contributed by atoms with E-state index in [1.165, 1.54) is 0 Å². The number of rotatable bonds is 1. The van der Waals surface area contributed by atoms with E-state index in [1.54, 1.807) is 0 Å². The molecule has 1 aliphatic carbocycles. The topological polar surface area (TPSA) is 35.5 Å². The number of ether oxygens (including phenoxy) is 2. The minimum atomic E-state index is -0.479. The lowest BCUT2D eigenvalue weighted by Gasteiger charge is -2.58. The molecule has 2 rings (SSSR count). The van der Waals surface area contributed by atoms with Crippen LogP contribution in [-0.2, 0) is 9.47 Å². The van der Waals surface area contributed by atoms with Gasteiger partial charge in [0.15, 0.2) is 0 Å². The summed E-state index contributed by atoms with van der Waals surface area (Å²) in [5, 5.41) is 0. The zero-order valence-corrected chi connectivity index (χ0v) is 10.0. The van der Waals surface area contributed by atoms with Gasteiger partial charge in [-0.05, 0) is 25.2 Å². The third-order valence-electron chi connectivity index (χ3n) is 4.58. The Hall–Kier alpha value is -0.730. The van der Waals surface area contributed by atoms with Crippen LogP contribution in [0.15, 0.2) is 0 Å². The number of hydrogen-bond acceptors (Lipinski definition) is 3. The molecule has 1 aliphatic heterocycles. The van der Waals surface area contributed by atoms with Gasteiger partial charge >= 0.3 is 6.16 Å². The van der Waals surface area contributed by atoms with Crippen molar-refractivity contribution in [1.82, 2.24) is 0 Å². The third-order valence-corrected chi connectivity index (χ3v) is 4.58. The largest absolute Gasteiger partial charge is 0.509 e. The van der Waals surface area contributed by atoms with Gasteiger partial charge in [-0.15, -0.1) is 0 Å². The second kappa shape index (κ2) is 3.13. The average Bonchev–Trinajstić information content (AvgIpc) is 2.15. The molecule has 3 unspecified atom stereocenters. The first kappa shape index (κ1) is 10.8. The first-order valence-corrected chi connectivity index (χ1v) is 5.83. The first-order valence-electron chi connectivity index (χ1n) is 5.83. The maximum Gasteiger partial charge on any atom is 0.509 e. The molecule has 2 bridgehead atoms. The van der Waals surface area contributed by atoms with Gasteiger partial charge in [0.25, 0.3) is 0 Å². The lowest BCUT2D eigenvalue weighted by Crippen LogP contribution is -2.65. The molecule has 0 aromatic carbocycles. The fraction of sp³-hybridized carbons (Fsp3) is 0.917. The van der Waals surface area contributed by atoms with Gasteiger partial charge in [0.1, 0.15) is 11.7 Å². The van der Waals surface area contributed by atoms with Gasteiger partial charge in [0, 0.05) is 5.41 Å². The van der Waals surface area contributed by atoms with Gasteiger partial charge in [-0.3, -0.25) is 0 Å². The first-order chi connectivity index (χ1) is 6.94. The van der Waals surface area contributed by atoms with E-state index < -0.39 is 6.16 Å². The van der Waals surface area contributed by atoms with Crippen molar-refractivity contribution in [1.29, 1.82) is 0 Å². The third kappa shape index (κ3) is 1.21. The molecule has 0 N–H and O–H groups in total. The summed E-state index contributed by atoms with van der Waals surface area (Å²) in [4.78, 5) is 11.4. The van der Waals surface area contributed by atoms with Gasteiger partial charge < -0.3 is 9.47 Å². The second-order valence-corrected chi connectivity index (χ2v) is 5.40. The van der Waals surface area contributed by atoms with E-state index in [-0.39, 0.29) is 17.1 Å². The van der Waals surface area contributed by atoms with Crippen molar-refractivity contribution in [3.05, 3.63) is 0 Å². The van der Waals surface area contributed by atoms with Crippen LogP contribution < -0.4 is 0 Å². The fourth-order valence-corrected chi connectivity index (χ4v) is 3.51. The maximum absolute atomic E-state index is 11.4. The number of hydrogen-bond donors (Lipinski definition) is 0. The summed E-state index contributed by atoms with van der Waals surface area (Å²) in [6.07, 6.45) is 2.45. The van der Waals surface area contributed by atoms with Gasteiger partial charge in [-0.25, -0.2) is 4.79 Å². The summed E-state index contributed by atoms with van der Waals surface area (Å²) in [5.74, 6) is 0.418. The smallest absolute Gasteiger partial charge is 0.430 e. The Morgan fingerprint density at radius 1 is 1.40 bits per heavy atom. The lowest BCUT2D eigenvalue weighted by molar-refractivity contribution is -0.242. The zero-order valence-electron chi connectivity index (χ0n) is 10.0. The summed E-state index contributed by atoms with van der Waals surface area (Å²) >= 11 is 0. The van der Waals surface area contributed by atoms with Crippen molar-refractivity contribution >= 4 is 6.16 Å². The van der Waals surface area contributed by atoms with Gasteiger partial charge in [-0.2, -0.15) is 0 Å². The monoisotopic (exact) mass is 212 g/mol. The predicted octanol–water partition coefficient (Wildman–Crippen LogP) is 3.13. The van der Waals surface area contributed by atoms with E-state index in [9.17, 15) is 4.79 Å². The summed E-state index contributed by atoms with van der Waals surface area (Å²) in [7, 11) is 0. The number of carbonyl (C=O) groups is 1. The minimum Gasteiger partial charge on any atom is -0.430 e. The van der Waals surface area contributed by atoms with E-state index in [0.717, 1.165) is 19.3 Å². The van der Waals surface area contributed by atoms with Crippen LogP contribution in [0.3, 0.4) is 0 Å². The molecule has 0 amide bonds. The molecule has 2 aliphatic rings. The van der Waals surface area contributed by atoms with Crippen molar-refractivity contribution in [2.45, 2.75) is 58.7 Å². The molecule has 0 aromatic rings. The highest BCUT2D eigenvalue weighted by Crippen LogP contribution is 2.54. The summed E-state index contributed by atoms with van der Waals surface area (Å²) in [6.45, 7) is 8.59. The van der Waals surface area contributed by atoms with Crippen molar-refractivity contribution < 1.29 is 14.3 Å². The van der Waals surface area contributed by atoms with Crippen LogP contribution >= 0.6 is 0 Å². The predicted molar refractivity (Wildman–Crippen MR) is 56.6 cm³/mol. The fourth-order valence-electron chi connectivity index (χ4n) is 3.51. The molecular formula is C12H20O3. The van der Waals surface area contributed by atoms with E-state index in [0.29, 0.717) is 5.92 Å². The van der Waals surface area contributed by atoms with E-state index in [4.69, 9.17) is 9.47 Å². The number of carbonyl (C=O) groups excluding carboxylic acids is 1. The highest BCUT2D eigenvalue weighted by atomic mass is 16.7. The van der Waals surface area contributed by atoms with E-state index >= 15 is 0 Å². The van der Waals surface area contributed by atoms with Crippen LogP contribution in [0.1, 0.15) is 47.0 Å². The van der Waals surface area contributed by atoms with Crippen molar-refractivity contribution in [3.8, 4) is 0 Å². The molecule has 1 saturated carbocycles. The molecule has 15 heavy (non-hydrogen) atoms. The van der Waals surface area contributed by atoms with Crippen LogP contribution in [0.5, 0.6) is 0 Å². The molecule has 0 radical (unpaired) electrons. The molecular weight excluding hydrogens is 192 g/mol. The van der Waals surface area contributed by atoms with Gasteiger partial charge in [-0.1, -0.05) is 27.7 Å². The summed E-state index contributed by atoms with van der Waals surface area (Å²) in [6, 6.07) is 0. The highest BCUT2D eigenvalue weighted by Gasteiger charge is 2.61. The number of fused-ring (bicyclic) bond motifs is 2. The molecule has 3 atom stereocenters. The maximum atomic E-state index is 11.4. The highest BCUT2D eigenvalue weighted by molar-refractivity contribution is 5.62. The molecule has 2 fully saturated rings. The summed E-state index contributed by atoms with van der Waals surface area (Å²) in [5.41, 5.74) is -0.404. The standard InChI is InChI=1S/C12H20O3/c1-5-12-8(2)6-7-9(11(12,3)4)14-10(13)15-12/h8-9H,5-7H2,1-4H3. The molecule has 1 heterocycles. The lowest BCUT2D eigenvalue weighted by atomic mass is 9.57. The van der Waals surface area contributed by atoms with Crippen molar-refractivity contribution in [3.63, 3.8) is 0 Å². The minimum absolute atomic E-state index is 0.0231. The van der Waals surface area contributed by atoms with Crippen LogP contribution in [0, 0.1) is 11.3 Å². The quantitative estimate of drug-likeness (QED) is 0.626. The van der Waals surface area contributed by atoms with E-state index in [1.807, 2.05) is 0 Å². The Balaban J connectivity index is 2.44. The Bertz CT molecular complexity index is 285. The Morgan fingerprint density at radius 2 is 2.07 bits per heavy atom. The Labute approximate surface area is 91.1 Å². The van der Waals surface area contributed by atoms with E-state index in [2.05, 4.69) is 27.7 Å². The molecule has 3 nitrogen and oxygen atoms in total. The molecule has 86 valence electrons. The van der Waals surface area contributed by atoms with Gasteiger partial charge in [0.05, 0.1) is 0 Å². The molecule has 0 aromatic heterocycles. The van der Waals surface area contributed by atoms with Gasteiger partial charge in [0.2, 0.25) is 0 Å². The molecule has 0 spiro atoms.